The number of aliphatic hydroxyl groups excluding tert-OH is 1. The Morgan fingerprint density at radius 3 is 2.38 bits per heavy atom. The minimum atomic E-state index is -0.633. The molecule has 4 atom stereocenters. The monoisotopic (exact) mass is 233 g/mol. The van der Waals surface area contributed by atoms with Crippen LogP contribution in [-0.4, -0.2) is 62.0 Å². The average Bonchev–Trinajstić information content (AvgIpc) is 2.23. The van der Waals surface area contributed by atoms with Crippen molar-refractivity contribution in [1.29, 1.82) is 0 Å². The van der Waals surface area contributed by atoms with Gasteiger partial charge in [-0.25, -0.2) is 0 Å². The predicted molar refractivity (Wildman–Crippen MR) is 60.0 cm³/mol. The van der Waals surface area contributed by atoms with Crippen molar-refractivity contribution in [1.82, 2.24) is 4.90 Å². The normalized spacial score (nSPS) is 35.6. The first-order valence-corrected chi connectivity index (χ1v) is 5.83. The Morgan fingerprint density at radius 2 is 1.88 bits per heavy atom. The van der Waals surface area contributed by atoms with Crippen LogP contribution < -0.4 is 0 Å². The van der Waals surface area contributed by atoms with Crippen LogP contribution >= 0.6 is 0 Å². The highest BCUT2D eigenvalue weighted by Gasteiger charge is 2.39. The summed E-state index contributed by atoms with van der Waals surface area (Å²) in [6, 6.07) is 0.00171. The molecule has 5 nitrogen and oxygen atoms in total. The summed E-state index contributed by atoms with van der Waals surface area (Å²) in [6.45, 7) is 4.92. The molecular weight excluding hydrogens is 210 g/mol. The maximum absolute atomic E-state index is 10.1. The molecule has 0 radical (unpaired) electrons. The summed E-state index contributed by atoms with van der Waals surface area (Å²) in [4.78, 5) is 1.98. The Kier molecular flexibility index (Phi) is 5.64. The zero-order valence-electron chi connectivity index (χ0n) is 10.5. The molecule has 0 aromatic rings. The maximum atomic E-state index is 10.1. The van der Waals surface area contributed by atoms with Gasteiger partial charge < -0.3 is 24.2 Å². The standard InChI is InChI=1S/C11H23NO4/c1-5-14-9-7-8(12(3)4)10(13)11(16-9)15-6-2/h8-11,13H,5-7H2,1-4H3. The lowest BCUT2D eigenvalue weighted by molar-refractivity contribution is -0.308. The largest absolute Gasteiger partial charge is 0.386 e. The van der Waals surface area contributed by atoms with E-state index in [1.165, 1.54) is 0 Å². The second kappa shape index (κ2) is 6.51. The van der Waals surface area contributed by atoms with E-state index in [9.17, 15) is 5.11 Å². The van der Waals surface area contributed by atoms with E-state index in [-0.39, 0.29) is 12.3 Å². The first-order valence-electron chi connectivity index (χ1n) is 5.83. The summed E-state index contributed by atoms with van der Waals surface area (Å²) in [5.41, 5.74) is 0. The van der Waals surface area contributed by atoms with Gasteiger partial charge in [-0.05, 0) is 27.9 Å². The molecule has 0 saturated carbocycles. The van der Waals surface area contributed by atoms with Crippen LogP contribution in [0.25, 0.3) is 0 Å². The summed E-state index contributed by atoms with van der Waals surface area (Å²) >= 11 is 0. The molecule has 1 heterocycles. The predicted octanol–water partition coefficient (Wildman–Crippen LogP) is 0.423. The van der Waals surface area contributed by atoms with E-state index < -0.39 is 12.4 Å². The van der Waals surface area contributed by atoms with Gasteiger partial charge in [-0.3, -0.25) is 0 Å². The van der Waals surface area contributed by atoms with Crippen molar-refractivity contribution in [3.8, 4) is 0 Å². The molecule has 1 aliphatic heterocycles. The topological polar surface area (TPSA) is 51.2 Å². The highest BCUT2D eigenvalue weighted by atomic mass is 16.8. The summed E-state index contributed by atoms with van der Waals surface area (Å²) < 4.78 is 16.4. The highest BCUT2D eigenvalue weighted by molar-refractivity contribution is 4.84. The van der Waals surface area contributed by atoms with Crippen LogP contribution in [0.5, 0.6) is 0 Å². The lowest BCUT2D eigenvalue weighted by atomic mass is 10.0. The van der Waals surface area contributed by atoms with Crippen molar-refractivity contribution in [2.45, 2.75) is 45.0 Å². The molecule has 1 saturated heterocycles. The van der Waals surface area contributed by atoms with Gasteiger partial charge >= 0.3 is 0 Å². The number of ether oxygens (including phenoxy) is 3. The minimum absolute atomic E-state index is 0.00171. The smallest absolute Gasteiger partial charge is 0.187 e. The first-order chi connectivity index (χ1) is 7.60. The van der Waals surface area contributed by atoms with Crippen LogP contribution in [0.1, 0.15) is 20.3 Å². The fourth-order valence-corrected chi connectivity index (χ4v) is 1.92. The zero-order valence-corrected chi connectivity index (χ0v) is 10.5. The van der Waals surface area contributed by atoms with Crippen molar-refractivity contribution in [2.75, 3.05) is 27.3 Å². The zero-order chi connectivity index (χ0) is 12.1. The van der Waals surface area contributed by atoms with Crippen molar-refractivity contribution >= 4 is 0 Å². The molecule has 0 bridgehead atoms. The summed E-state index contributed by atoms with van der Waals surface area (Å²) in [5, 5.41) is 10.1. The number of hydrogen-bond acceptors (Lipinski definition) is 5. The molecular formula is C11H23NO4. The maximum Gasteiger partial charge on any atom is 0.187 e. The Bertz CT molecular complexity index is 200. The number of rotatable bonds is 5. The Hall–Kier alpha value is -0.200. The lowest BCUT2D eigenvalue weighted by Crippen LogP contribution is -2.55. The Morgan fingerprint density at radius 1 is 1.25 bits per heavy atom. The van der Waals surface area contributed by atoms with Crippen molar-refractivity contribution < 1.29 is 19.3 Å². The van der Waals surface area contributed by atoms with E-state index in [0.29, 0.717) is 19.6 Å². The molecule has 1 N–H and O–H groups in total. The van der Waals surface area contributed by atoms with Crippen LogP contribution in [0.2, 0.25) is 0 Å². The van der Waals surface area contributed by atoms with Crippen LogP contribution in [0.3, 0.4) is 0 Å². The van der Waals surface area contributed by atoms with Crippen molar-refractivity contribution in [2.24, 2.45) is 0 Å². The van der Waals surface area contributed by atoms with Gasteiger partial charge in [0.05, 0.1) is 0 Å². The Labute approximate surface area is 97.3 Å². The molecule has 16 heavy (non-hydrogen) atoms. The molecule has 1 rings (SSSR count). The average molecular weight is 233 g/mol. The van der Waals surface area contributed by atoms with E-state index in [1.54, 1.807) is 0 Å². The molecule has 96 valence electrons. The van der Waals surface area contributed by atoms with Gasteiger partial charge in [-0.1, -0.05) is 0 Å². The minimum Gasteiger partial charge on any atom is -0.386 e. The van der Waals surface area contributed by atoms with Crippen molar-refractivity contribution in [3.63, 3.8) is 0 Å². The van der Waals surface area contributed by atoms with Gasteiger partial charge in [0.15, 0.2) is 12.6 Å². The third kappa shape index (κ3) is 3.40. The fourth-order valence-electron chi connectivity index (χ4n) is 1.92. The van der Waals surface area contributed by atoms with Gasteiger partial charge in [0.1, 0.15) is 6.10 Å². The second-order valence-electron chi connectivity index (χ2n) is 4.10. The van der Waals surface area contributed by atoms with Gasteiger partial charge in [0.25, 0.3) is 0 Å². The summed E-state index contributed by atoms with van der Waals surface area (Å²) in [6.07, 6.45) is -0.863. The van der Waals surface area contributed by atoms with E-state index in [4.69, 9.17) is 14.2 Å². The lowest BCUT2D eigenvalue weighted by Gasteiger charge is -2.41. The first kappa shape index (κ1) is 13.9. The molecule has 0 amide bonds. The number of hydrogen-bond donors (Lipinski definition) is 1. The third-order valence-corrected chi connectivity index (χ3v) is 2.74. The number of nitrogens with zero attached hydrogens (tertiary/aromatic N) is 1. The molecule has 1 fully saturated rings. The molecule has 0 aromatic carbocycles. The summed E-state index contributed by atoms with van der Waals surface area (Å²) in [5.74, 6) is 0. The Balaban J connectivity index is 2.63. The quantitative estimate of drug-likeness (QED) is 0.746. The highest BCUT2D eigenvalue weighted by Crippen LogP contribution is 2.24. The fraction of sp³-hybridized carbons (Fsp3) is 1.00. The molecule has 0 aliphatic carbocycles. The van der Waals surface area contributed by atoms with Crippen LogP contribution in [-0.2, 0) is 14.2 Å². The van der Waals surface area contributed by atoms with E-state index in [1.807, 2.05) is 32.8 Å². The van der Waals surface area contributed by atoms with Gasteiger partial charge in [-0.15, -0.1) is 0 Å². The van der Waals surface area contributed by atoms with E-state index >= 15 is 0 Å². The number of aliphatic hydroxyl groups is 1. The van der Waals surface area contributed by atoms with Crippen LogP contribution in [0.15, 0.2) is 0 Å². The van der Waals surface area contributed by atoms with Crippen LogP contribution in [0.4, 0.5) is 0 Å². The molecule has 5 heteroatoms. The SMILES string of the molecule is CCOC1CC(N(C)C)C(O)C(OCC)O1. The second-order valence-corrected chi connectivity index (χ2v) is 4.10. The summed E-state index contributed by atoms with van der Waals surface area (Å²) in [7, 11) is 3.87. The van der Waals surface area contributed by atoms with E-state index in [2.05, 4.69) is 0 Å². The molecule has 4 unspecified atom stereocenters. The third-order valence-electron chi connectivity index (χ3n) is 2.74. The molecule has 0 aromatic heterocycles. The number of likely N-dealkylation sites (N-methyl/N-ethyl adjacent to an activating group) is 1. The molecule has 0 spiro atoms. The van der Waals surface area contributed by atoms with Gasteiger partial charge in [-0.2, -0.15) is 0 Å². The van der Waals surface area contributed by atoms with Gasteiger partial charge in [0.2, 0.25) is 0 Å². The van der Waals surface area contributed by atoms with E-state index in [0.717, 1.165) is 0 Å². The van der Waals surface area contributed by atoms with Crippen LogP contribution in [0, 0.1) is 0 Å². The molecule has 1 aliphatic rings. The van der Waals surface area contributed by atoms with Gasteiger partial charge in [0, 0.05) is 25.7 Å². The van der Waals surface area contributed by atoms with Crippen molar-refractivity contribution in [3.05, 3.63) is 0 Å².